The minimum Gasteiger partial charge on any atom is -0.496 e. The molecule has 1 aromatic heterocycles. The Hall–Kier alpha value is -3.50. The second kappa shape index (κ2) is 8.25. The summed E-state index contributed by atoms with van der Waals surface area (Å²) >= 11 is 6.22. The molecule has 3 aromatic rings. The van der Waals surface area contributed by atoms with Crippen molar-refractivity contribution in [2.75, 3.05) is 18.6 Å². The van der Waals surface area contributed by atoms with Crippen molar-refractivity contribution in [3.63, 3.8) is 0 Å². The molecule has 29 heavy (non-hydrogen) atoms. The summed E-state index contributed by atoms with van der Waals surface area (Å²) in [5.41, 5.74) is 15.4. The molecular formula is C21H20ClN5O2. The van der Waals surface area contributed by atoms with Crippen molar-refractivity contribution in [1.82, 2.24) is 9.97 Å². The van der Waals surface area contributed by atoms with Gasteiger partial charge in [-0.05, 0) is 55.3 Å². The van der Waals surface area contributed by atoms with Crippen LogP contribution in [0, 0.1) is 25.2 Å². The molecule has 1 heterocycles. The SMILES string of the molecule is COc1ccc(-c2nc(N)nc(N)c2C#N)cc1COc1cc(C)c(Cl)c(C)c1. The summed E-state index contributed by atoms with van der Waals surface area (Å²) in [7, 11) is 1.58. The molecule has 148 valence electrons. The summed E-state index contributed by atoms with van der Waals surface area (Å²) in [5, 5.41) is 10.2. The van der Waals surface area contributed by atoms with E-state index in [4.69, 9.17) is 32.5 Å². The average Bonchev–Trinajstić information content (AvgIpc) is 2.69. The van der Waals surface area contributed by atoms with Gasteiger partial charge in [-0.2, -0.15) is 10.2 Å². The zero-order chi connectivity index (χ0) is 21.1. The Morgan fingerprint density at radius 1 is 1.10 bits per heavy atom. The van der Waals surface area contributed by atoms with E-state index in [0.717, 1.165) is 21.7 Å². The highest BCUT2D eigenvalue weighted by molar-refractivity contribution is 6.32. The number of anilines is 2. The van der Waals surface area contributed by atoms with Crippen molar-refractivity contribution in [3.05, 3.63) is 57.6 Å². The number of halogens is 1. The molecule has 3 rings (SSSR count). The van der Waals surface area contributed by atoms with Gasteiger partial charge in [-0.15, -0.1) is 0 Å². The van der Waals surface area contributed by atoms with Gasteiger partial charge in [0.05, 0.1) is 12.8 Å². The van der Waals surface area contributed by atoms with Crippen LogP contribution in [0.4, 0.5) is 11.8 Å². The molecule has 0 fully saturated rings. The fourth-order valence-electron chi connectivity index (χ4n) is 3.00. The van der Waals surface area contributed by atoms with Crippen molar-refractivity contribution in [1.29, 1.82) is 5.26 Å². The van der Waals surface area contributed by atoms with Crippen LogP contribution in [0.1, 0.15) is 22.3 Å². The Kier molecular flexibility index (Phi) is 5.76. The molecule has 8 heteroatoms. The van der Waals surface area contributed by atoms with Crippen LogP contribution in [0.3, 0.4) is 0 Å². The summed E-state index contributed by atoms with van der Waals surface area (Å²) in [6.45, 7) is 4.10. The lowest BCUT2D eigenvalue weighted by molar-refractivity contribution is 0.296. The van der Waals surface area contributed by atoms with Gasteiger partial charge in [0.25, 0.3) is 0 Å². The molecule has 0 saturated carbocycles. The average molecular weight is 410 g/mol. The first-order chi connectivity index (χ1) is 13.8. The number of ether oxygens (including phenoxy) is 2. The van der Waals surface area contributed by atoms with E-state index in [1.54, 1.807) is 19.2 Å². The topological polar surface area (TPSA) is 120 Å². The van der Waals surface area contributed by atoms with Crippen LogP contribution in [-0.2, 0) is 6.61 Å². The highest BCUT2D eigenvalue weighted by Crippen LogP contribution is 2.31. The first-order valence-corrected chi connectivity index (χ1v) is 9.11. The van der Waals surface area contributed by atoms with E-state index in [2.05, 4.69) is 9.97 Å². The summed E-state index contributed by atoms with van der Waals surface area (Å²) in [4.78, 5) is 8.04. The molecule has 2 aromatic carbocycles. The van der Waals surface area contributed by atoms with Crippen LogP contribution in [0.25, 0.3) is 11.3 Å². The fourth-order valence-corrected chi connectivity index (χ4v) is 3.11. The quantitative estimate of drug-likeness (QED) is 0.652. The van der Waals surface area contributed by atoms with Gasteiger partial charge in [0.2, 0.25) is 5.95 Å². The van der Waals surface area contributed by atoms with E-state index >= 15 is 0 Å². The number of hydrogen-bond acceptors (Lipinski definition) is 7. The highest BCUT2D eigenvalue weighted by atomic mass is 35.5. The molecule has 0 aliphatic rings. The minimum atomic E-state index is -0.00256. The van der Waals surface area contributed by atoms with E-state index < -0.39 is 0 Å². The zero-order valence-corrected chi connectivity index (χ0v) is 17.0. The molecule has 0 aliphatic carbocycles. The number of rotatable bonds is 5. The van der Waals surface area contributed by atoms with Crippen molar-refractivity contribution in [3.8, 4) is 28.8 Å². The summed E-state index contributed by atoms with van der Waals surface area (Å²) in [6, 6.07) is 11.2. The molecule has 0 amide bonds. The van der Waals surface area contributed by atoms with Gasteiger partial charge in [0, 0.05) is 16.1 Å². The van der Waals surface area contributed by atoms with Crippen LogP contribution < -0.4 is 20.9 Å². The van der Waals surface area contributed by atoms with Crippen molar-refractivity contribution < 1.29 is 9.47 Å². The largest absolute Gasteiger partial charge is 0.496 e. The van der Waals surface area contributed by atoms with Gasteiger partial charge in [-0.3, -0.25) is 0 Å². The molecule has 7 nitrogen and oxygen atoms in total. The highest BCUT2D eigenvalue weighted by Gasteiger charge is 2.15. The van der Waals surface area contributed by atoms with Crippen LogP contribution in [0.2, 0.25) is 5.02 Å². The van der Waals surface area contributed by atoms with Gasteiger partial charge in [-0.25, -0.2) is 4.98 Å². The molecule has 0 spiro atoms. The lowest BCUT2D eigenvalue weighted by Gasteiger charge is -2.14. The second-order valence-electron chi connectivity index (χ2n) is 6.49. The number of aromatic nitrogens is 2. The monoisotopic (exact) mass is 409 g/mol. The van der Waals surface area contributed by atoms with Gasteiger partial charge >= 0.3 is 0 Å². The van der Waals surface area contributed by atoms with E-state index in [-0.39, 0.29) is 23.9 Å². The standard InChI is InChI=1S/C21H20ClN5O2/c1-11-6-15(7-12(2)18(11)22)29-10-14-8-13(4-5-17(14)28-3)19-16(9-23)20(24)27-21(25)26-19/h4-8H,10H2,1-3H3,(H4,24,25,26,27). The third-order valence-corrected chi connectivity index (χ3v) is 5.02. The van der Waals surface area contributed by atoms with E-state index in [9.17, 15) is 5.26 Å². The maximum Gasteiger partial charge on any atom is 0.222 e. The lowest BCUT2D eigenvalue weighted by atomic mass is 10.0. The summed E-state index contributed by atoms with van der Waals surface area (Å²) in [6.07, 6.45) is 0. The number of benzene rings is 2. The first-order valence-electron chi connectivity index (χ1n) is 8.74. The molecule has 0 unspecified atom stereocenters. The molecule has 0 atom stereocenters. The maximum absolute atomic E-state index is 9.44. The predicted octanol–water partition coefficient (Wildman–Crippen LogP) is 4.04. The minimum absolute atomic E-state index is 0.00256. The number of nitrogens with two attached hydrogens (primary N) is 2. The number of hydrogen-bond donors (Lipinski definition) is 2. The van der Waals surface area contributed by atoms with Crippen LogP contribution in [0.5, 0.6) is 11.5 Å². The number of aryl methyl sites for hydroxylation is 2. The lowest BCUT2D eigenvalue weighted by Crippen LogP contribution is -2.05. The van der Waals surface area contributed by atoms with E-state index in [1.165, 1.54) is 0 Å². The van der Waals surface area contributed by atoms with E-state index in [1.807, 2.05) is 38.1 Å². The number of methoxy groups -OCH3 is 1. The van der Waals surface area contributed by atoms with Gasteiger partial charge in [0.1, 0.15) is 35.6 Å². The van der Waals surface area contributed by atoms with Gasteiger partial charge < -0.3 is 20.9 Å². The normalized spacial score (nSPS) is 10.4. The zero-order valence-electron chi connectivity index (χ0n) is 16.3. The molecule has 0 bridgehead atoms. The third kappa shape index (κ3) is 4.18. The molecule has 4 N–H and O–H groups in total. The van der Waals surface area contributed by atoms with Crippen molar-refractivity contribution in [2.45, 2.75) is 20.5 Å². The number of nitrogens with zero attached hydrogens (tertiary/aromatic N) is 3. The van der Waals surface area contributed by atoms with Crippen molar-refractivity contribution >= 4 is 23.4 Å². The molecular weight excluding hydrogens is 390 g/mol. The molecule has 0 radical (unpaired) electrons. The summed E-state index contributed by atoms with van der Waals surface area (Å²) < 4.78 is 11.4. The van der Waals surface area contributed by atoms with Gasteiger partial charge in [0.15, 0.2) is 0 Å². The second-order valence-corrected chi connectivity index (χ2v) is 6.87. The predicted molar refractivity (Wildman–Crippen MR) is 113 cm³/mol. The first kappa shape index (κ1) is 20.2. The summed E-state index contributed by atoms with van der Waals surface area (Å²) in [5.74, 6) is 1.38. The third-order valence-electron chi connectivity index (χ3n) is 4.42. The molecule has 0 saturated heterocycles. The Labute approximate surface area is 173 Å². The Morgan fingerprint density at radius 3 is 2.41 bits per heavy atom. The van der Waals surface area contributed by atoms with Crippen LogP contribution in [-0.4, -0.2) is 17.1 Å². The number of nitrogen functional groups attached to an aromatic ring is 2. The van der Waals surface area contributed by atoms with E-state index in [0.29, 0.717) is 22.8 Å². The fraction of sp³-hybridized carbons (Fsp3) is 0.190. The maximum atomic E-state index is 9.44. The van der Waals surface area contributed by atoms with Crippen LogP contribution in [0.15, 0.2) is 30.3 Å². The van der Waals surface area contributed by atoms with Gasteiger partial charge in [-0.1, -0.05) is 11.6 Å². The number of nitriles is 1. The van der Waals surface area contributed by atoms with Crippen molar-refractivity contribution in [2.24, 2.45) is 0 Å². The Balaban J connectivity index is 1.98. The Morgan fingerprint density at radius 2 is 1.79 bits per heavy atom. The van der Waals surface area contributed by atoms with Crippen LogP contribution >= 0.6 is 11.6 Å². The molecule has 0 aliphatic heterocycles. The Bertz CT molecular complexity index is 1100. The smallest absolute Gasteiger partial charge is 0.222 e.